The number of aryl methyl sites for hydroxylation is 1. The van der Waals surface area contributed by atoms with Crippen molar-refractivity contribution in [3.63, 3.8) is 0 Å². The first-order valence-electron chi connectivity index (χ1n) is 11.5. The summed E-state index contributed by atoms with van der Waals surface area (Å²) in [5.74, 6) is -0.542. The van der Waals surface area contributed by atoms with E-state index in [0.717, 1.165) is 34.5 Å². The van der Waals surface area contributed by atoms with E-state index in [1.807, 2.05) is 36.5 Å². The Morgan fingerprint density at radius 1 is 1.03 bits per heavy atom. The number of thiazole rings is 1. The summed E-state index contributed by atoms with van der Waals surface area (Å²) in [6.45, 7) is 3.44. The molecule has 1 fully saturated rings. The normalized spacial score (nSPS) is 15.0. The Morgan fingerprint density at radius 3 is 2.37 bits per heavy atom. The van der Waals surface area contributed by atoms with Crippen molar-refractivity contribution in [2.45, 2.75) is 25.2 Å². The fourth-order valence-electron chi connectivity index (χ4n) is 4.54. The number of ether oxygens (including phenoxy) is 1. The molecule has 1 aliphatic heterocycles. The summed E-state index contributed by atoms with van der Waals surface area (Å²) >= 11 is 1.72. The highest BCUT2D eigenvalue weighted by atomic mass is 32.1. The van der Waals surface area contributed by atoms with Crippen LogP contribution in [0.2, 0.25) is 0 Å². The number of anilines is 2. The topological polar surface area (TPSA) is 77.2 Å². The number of nitrogen functional groups attached to an aromatic ring is 1. The second-order valence-corrected chi connectivity index (χ2v) is 10.0. The Kier molecular flexibility index (Phi) is 6.36. The van der Waals surface area contributed by atoms with Crippen molar-refractivity contribution in [3.05, 3.63) is 99.8 Å². The van der Waals surface area contributed by atoms with Crippen LogP contribution in [0.5, 0.6) is 0 Å². The lowest BCUT2D eigenvalue weighted by Gasteiger charge is -2.36. The summed E-state index contributed by atoms with van der Waals surface area (Å²) in [6, 6.07) is 19.3. The van der Waals surface area contributed by atoms with Gasteiger partial charge < -0.3 is 15.8 Å². The maximum Gasteiger partial charge on any atom is 0.255 e. The van der Waals surface area contributed by atoms with Crippen molar-refractivity contribution in [3.8, 4) is 11.1 Å². The summed E-state index contributed by atoms with van der Waals surface area (Å²) in [5, 5.41) is 4.02. The first kappa shape index (κ1) is 23.2. The molecule has 0 radical (unpaired) electrons. The number of hydrogen-bond donors (Lipinski definition) is 2. The summed E-state index contributed by atoms with van der Waals surface area (Å²) in [6.07, 6.45) is 3.64. The summed E-state index contributed by atoms with van der Waals surface area (Å²) in [7, 11) is 0. The van der Waals surface area contributed by atoms with Crippen LogP contribution in [0.4, 0.5) is 15.8 Å². The molecule has 4 aromatic rings. The van der Waals surface area contributed by atoms with Crippen LogP contribution in [0.1, 0.15) is 38.6 Å². The minimum absolute atomic E-state index is 0.194. The van der Waals surface area contributed by atoms with E-state index in [1.54, 1.807) is 35.6 Å². The molecule has 0 aliphatic carbocycles. The minimum Gasteiger partial charge on any atom is -0.397 e. The molecule has 35 heavy (non-hydrogen) atoms. The summed E-state index contributed by atoms with van der Waals surface area (Å²) < 4.78 is 18.9. The van der Waals surface area contributed by atoms with Crippen molar-refractivity contribution >= 4 is 28.6 Å². The largest absolute Gasteiger partial charge is 0.397 e. The second-order valence-electron chi connectivity index (χ2n) is 8.81. The predicted molar refractivity (Wildman–Crippen MR) is 138 cm³/mol. The van der Waals surface area contributed by atoms with Gasteiger partial charge in [-0.3, -0.25) is 4.79 Å². The number of nitrogens with two attached hydrogens (primary N) is 1. The number of nitrogens with one attached hydrogen (secondary N) is 1. The first-order valence-corrected chi connectivity index (χ1v) is 12.3. The Morgan fingerprint density at radius 2 is 1.71 bits per heavy atom. The van der Waals surface area contributed by atoms with E-state index in [4.69, 9.17) is 15.5 Å². The number of carbonyl (C=O) groups is 1. The maximum absolute atomic E-state index is 13.3. The van der Waals surface area contributed by atoms with Gasteiger partial charge in [0.25, 0.3) is 5.91 Å². The molecule has 1 saturated heterocycles. The van der Waals surface area contributed by atoms with Crippen LogP contribution >= 0.6 is 11.3 Å². The monoisotopic (exact) mass is 487 g/mol. The Labute approximate surface area is 207 Å². The van der Waals surface area contributed by atoms with E-state index in [1.165, 1.54) is 17.0 Å². The second kappa shape index (κ2) is 9.60. The van der Waals surface area contributed by atoms with Gasteiger partial charge >= 0.3 is 0 Å². The lowest BCUT2D eigenvalue weighted by atomic mass is 9.74. The number of benzene rings is 3. The first-order chi connectivity index (χ1) is 16.9. The Bertz CT molecular complexity index is 1340. The van der Waals surface area contributed by atoms with Crippen molar-refractivity contribution in [2.75, 3.05) is 24.3 Å². The lowest BCUT2D eigenvalue weighted by molar-refractivity contribution is 0.0630. The molecule has 3 N–H and O–H groups in total. The molecule has 0 spiro atoms. The van der Waals surface area contributed by atoms with Crippen LogP contribution in [-0.2, 0) is 10.2 Å². The van der Waals surface area contributed by atoms with Crippen LogP contribution in [-0.4, -0.2) is 24.1 Å². The molecule has 0 saturated carbocycles. The number of halogens is 1. The van der Waals surface area contributed by atoms with Crippen LogP contribution in [0, 0.1) is 12.7 Å². The van der Waals surface area contributed by atoms with Crippen molar-refractivity contribution in [2.24, 2.45) is 0 Å². The number of aromatic nitrogens is 1. The van der Waals surface area contributed by atoms with Crippen molar-refractivity contribution < 1.29 is 13.9 Å². The van der Waals surface area contributed by atoms with Crippen molar-refractivity contribution in [1.82, 2.24) is 4.98 Å². The van der Waals surface area contributed by atoms with E-state index in [0.29, 0.717) is 30.2 Å². The number of carbonyl (C=O) groups excluding carboxylic acids is 1. The highest BCUT2D eigenvalue weighted by Crippen LogP contribution is 2.43. The highest BCUT2D eigenvalue weighted by Gasteiger charge is 2.38. The van der Waals surface area contributed by atoms with Gasteiger partial charge in [0.1, 0.15) is 10.8 Å². The predicted octanol–water partition coefficient (Wildman–Crippen LogP) is 6.19. The molecule has 178 valence electrons. The summed E-state index contributed by atoms with van der Waals surface area (Å²) in [4.78, 5) is 18.9. The third-order valence-corrected chi connectivity index (χ3v) is 7.67. The average Bonchev–Trinajstić information content (AvgIpc) is 3.33. The SMILES string of the molecule is Cc1cnc(C2(c3ccc(C(=O)Nc4cc(-c5ccc(F)cc5)ccc4N)cc3)CCOCC2)s1. The van der Waals surface area contributed by atoms with Gasteiger partial charge in [-0.15, -0.1) is 11.3 Å². The van der Waals surface area contributed by atoms with Gasteiger partial charge in [0, 0.05) is 29.9 Å². The van der Waals surface area contributed by atoms with E-state index in [9.17, 15) is 9.18 Å². The number of hydrogen-bond acceptors (Lipinski definition) is 5. The van der Waals surface area contributed by atoms with Crippen molar-refractivity contribution in [1.29, 1.82) is 0 Å². The van der Waals surface area contributed by atoms with Gasteiger partial charge in [0.15, 0.2) is 0 Å². The van der Waals surface area contributed by atoms with E-state index < -0.39 is 0 Å². The fourth-order valence-corrected chi connectivity index (χ4v) is 5.58. The molecule has 5 nitrogen and oxygen atoms in total. The smallest absolute Gasteiger partial charge is 0.255 e. The Balaban J connectivity index is 1.38. The fraction of sp³-hybridized carbons (Fsp3) is 0.214. The van der Waals surface area contributed by atoms with E-state index >= 15 is 0 Å². The molecular weight excluding hydrogens is 461 g/mol. The molecular formula is C28H26FN3O2S. The van der Waals surface area contributed by atoms with Gasteiger partial charge in [-0.2, -0.15) is 0 Å². The van der Waals surface area contributed by atoms with Crippen LogP contribution < -0.4 is 11.1 Å². The van der Waals surface area contributed by atoms with Crippen LogP contribution in [0.15, 0.2) is 72.9 Å². The zero-order valence-corrected chi connectivity index (χ0v) is 20.2. The van der Waals surface area contributed by atoms with Gasteiger partial charge in [-0.05, 0) is 72.9 Å². The zero-order chi connectivity index (χ0) is 24.4. The van der Waals surface area contributed by atoms with E-state index in [2.05, 4.69) is 12.2 Å². The number of rotatable bonds is 5. The molecule has 0 unspecified atom stereocenters. The molecule has 0 atom stereocenters. The Hall–Kier alpha value is -3.55. The summed E-state index contributed by atoms with van der Waals surface area (Å²) in [5.41, 5.74) is 10.3. The standard InChI is InChI=1S/C28H26FN3O2S/c1-18-17-31-27(35-18)28(12-14-34-15-13-28)22-7-2-20(3-8-22)26(33)32-25-16-21(6-11-24(25)30)19-4-9-23(29)10-5-19/h2-11,16-17H,12-15,30H2,1H3,(H,32,33). The molecule has 7 heteroatoms. The lowest BCUT2D eigenvalue weighted by Crippen LogP contribution is -2.35. The van der Waals surface area contributed by atoms with Gasteiger partial charge in [0.2, 0.25) is 0 Å². The zero-order valence-electron chi connectivity index (χ0n) is 19.4. The molecule has 1 amide bonds. The molecule has 1 aromatic heterocycles. The third kappa shape index (κ3) is 4.70. The van der Waals surface area contributed by atoms with Crippen LogP contribution in [0.3, 0.4) is 0 Å². The highest BCUT2D eigenvalue weighted by molar-refractivity contribution is 7.11. The molecule has 2 heterocycles. The number of nitrogens with zero attached hydrogens (tertiary/aromatic N) is 1. The van der Waals surface area contributed by atoms with Gasteiger partial charge in [0.05, 0.1) is 16.8 Å². The molecule has 5 rings (SSSR count). The van der Waals surface area contributed by atoms with E-state index in [-0.39, 0.29) is 17.1 Å². The maximum atomic E-state index is 13.3. The molecule has 0 bridgehead atoms. The number of amides is 1. The minimum atomic E-state index is -0.298. The average molecular weight is 488 g/mol. The van der Waals surface area contributed by atoms with Crippen LogP contribution in [0.25, 0.3) is 11.1 Å². The molecule has 3 aromatic carbocycles. The quantitative estimate of drug-likeness (QED) is 0.329. The van der Waals surface area contributed by atoms with Gasteiger partial charge in [-0.1, -0.05) is 30.3 Å². The van der Waals surface area contributed by atoms with Gasteiger partial charge in [-0.25, -0.2) is 9.37 Å². The third-order valence-electron chi connectivity index (χ3n) is 6.56. The molecule has 1 aliphatic rings.